The van der Waals surface area contributed by atoms with Crippen LogP contribution in [0.5, 0.6) is 11.5 Å². The molecule has 1 aromatic carbocycles. The maximum absolute atomic E-state index is 12.7. The number of methoxy groups -OCH3 is 1. The topological polar surface area (TPSA) is 66.8 Å². The second-order valence-corrected chi connectivity index (χ2v) is 7.26. The molecule has 0 N–H and O–H groups in total. The van der Waals surface area contributed by atoms with Crippen LogP contribution in [0.2, 0.25) is 5.02 Å². The minimum atomic E-state index is -3.06. The standard InChI is InChI=1S/C19H20ClF2NO5/c1-19(2,3)28-17(25)10-23-9-15(26-4)13(8-16(23)24)12-7-11(20)5-6-14(12)27-18(21)22/h5-9,18H,10H2,1-4H3. The summed E-state index contributed by atoms with van der Waals surface area (Å²) in [5, 5.41) is 0.261. The summed E-state index contributed by atoms with van der Waals surface area (Å²) in [5.41, 5.74) is -0.894. The van der Waals surface area contributed by atoms with Crippen molar-refractivity contribution in [1.29, 1.82) is 0 Å². The molecule has 2 aromatic rings. The zero-order valence-corrected chi connectivity index (χ0v) is 16.5. The number of halogens is 3. The molecule has 1 aromatic heterocycles. The van der Waals surface area contributed by atoms with Gasteiger partial charge >= 0.3 is 12.6 Å². The lowest BCUT2D eigenvalue weighted by atomic mass is 10.0. The van der Waals surface area contributed by atoms with Gasteiger partial charge in [-0.15, -0.1) is 0 Å². The van der Waals surface area contributed by atoms with Crippen LogP contribution in [0.1, 0.15) is 20.8 Å². The van der Waals surface area contributed by atoms with Crippen LogP contribution in [0.4, 0.5) is 8.78 Å². The van der Waals surface area contributed by atoms with Crippen LogP contribution < -0.4 is 15.0 Å². The lowest BCUT2D eigenvalue weighted by Gasteiger charge is -2.20. The van der Waals surface area contributed by atoms with Crippen molar-refractivity contribution in [3.05, 3.63) is 45.8 Å². The highest BCUT2D eigenvalue weighted by atomic mass is 35.5. The molecule has 0 saturated heterocycles. The van der Waals surface area contributed by atoms with Crippen LogP contribution in [0, 0.1) is 0 Å². The lowest BCUT2D eigenvalue weighted by Crippen LogP contribution is -2.30. The van der Waals surface area contributed by atoms with Crippen LogP contribution in [0.25, 0.3) is 11.1 Å². The Bertz CT molecular complexity index is 922. The molecule has 0 atom stereocenters. The summed E-state index contributed by atoms with van der Waals surface area (Å²) in [7, 11) is 1.35. The van der Waals surface area contributed by atoms with Gasteiger partial charge in [-0.2, -0.15) is 8.78 Å². The van der Waals surface area contributed by atoms with Crippen molar-refractivity contribution in [2.24, 2.45) is 0 Å². The smallest absolute Gasteiger partial charge is 0.387 e. The SMILES string of the molecule is COc1cn(CC(=O)OC(C)(C)C)c(=O)cc1-c1cc(Cl)ccc1OC(F)F. The highest BCUT2D eigenvalue weighted by Crippen LogP contribution is 2.37. The summed E-state index contributed by atoms with van der Waals surface area (Å²) in [4.78, 5) is 24.5. The van der Waals surface area contributed by atoms with Gasteiger partial charge in [0.1, 0.15) is 23.6 Å². The van der Waals surface area contributed by atoms with Crippen LogP contribution in [0.15, 0.2) is 35.3 Å². The van der Waals surface area contributed by atoms with Gasteiger partial charge < -0.3 is 18.8 Å². The molecule has 0 fully saturated rings. The average molecular weight is 416 g/mol. The molecule has 0 aliphatic rings. The fourth-order valence-corrected chi connectivity index (χ4v) is 2.65. The summed E-state index contributed by atoms with van der Waals surface area (Å²) < 4.78 is 41.5. The van der Waals surface area contributed by atoms with E-state index in [0.717, 1.165) is 10.6 Å². The highest BCUT2D eigenvalue weighted by molar-refractivity contribution is 6.31. The second-order valence-electron chi connectivity index (χ2n) is 6.83. The number of pyridine rings is 1. The number of carbonyl (C=O) groups excluding carboxylic acids is 1. The van der Waals surface area contributed by atoms with Gasteiger partial charge in [-0.05, 0) is 39.0 Å². The third-order valence-corrected chi connectivity index (χ3v) is 3.71. The molecule has 9 heteroatoms. The van der Waals surface area contributed by atoms with E-state index < -0.39 is 23.7 Å². The predicted molar refractivity (Wildman–Crippen MR) is 100 cm³/mol. The van der Waals surface area contributed by atoms with Crippen molar-refractivity contribution in [2.45, 2.75) is 39.5 Å². The van der Waals surface area contributed by atoms with E-state index in [0.29, 0.717) is 0 Å². The van der Waals surface area contributed by atoms with Crippen LogP contribution in [0.3, 0.4) is 0 Å². The molecule has 1 heterocycles. The van der Waals surface area contributed by atoms with Crippen molar-refractivity contribution >= 4 is 17.6 Å². The van der Waals surface area contributed by atoms with Gasteiger partial charge in [0.25, 0.3) is 5.56 Å². The Hall–Kier alpha value is -2.61. The number of aromatic nitrogens is 1. The van der Waals surface area contributed by atoms with Crippen molar-refractivity contribution in [3.63, 3.8) is 0 Å². The van der Waals surface area contributed by atoms with Gasteiger partial charge in [0.05, 0.1) is 13.3 Å². The number of carbonyl (C=O) groups is 1. The summed E-state index contributed by atoms with van der Waals surface area (Å²) in [6.07, 6.45) is 1.30. The van der Waals surface area contributed by atoms with E-state index in [1.54, 1.807) is 20.8 Å². The monoisotopic (exact) mass is 415 g/mol. The number of hydrogen-bond acceptors (Lipinski definition) is 5. The van der Waals surface area contributed by atoms with Gasteiger partial charge in [-0.25, -0.2) is 0 Å². The third-order valence-electron chi connectivity index (χ3n) is 3.48. The number of benzene rings is 1. The van der Waals surface area contributed by atoms with Gasteiger partial charge in [0.2, 0.25) is 0 Å². The first-order valence-electron chi connectivity index (χ1n) is 8.25. The molecule has 28 heavy (non-hydrogen) atoms. The molecule has 0 unspecified atom stereocenters. The van der Waals surface area contributed by atoms with Crippen LogP contribution in [-0.2, 0) is 16.1 Å². The Labute approximate surface area is 165 Å². The third kappa shape index (κ3) is 5.69. The van der Waals surface area contributed by atoms with Gasteiger partial charge in [-0.1, -0.05) is 11.6 Å². The summed E-state index contributed by atoms with van der Waals surface area (Å²) in [6, 6.07) is 5.20. The summed E-state index contributed by atoms with van der Waals surface area (Å²) >= 11 is 5.97. The number of nitrogens with zero attached hydrogens (tertiary/aromatic N) is 1. The first kappa shape index (κ1) is 21.7. The largest absolute Gasteiger partial charge is 0.495 e. The second kappa shape index (κ2) is 8.60. The van der Waals surface area contributed by atoms with E-state index in [-0.39, 0.29) is 34.2 Å². The van der Waals surface area contributed by atoms with E-state index in [2.05, 4.69) is 4.74 Å². The quantitative estimate of drug-likeness (QED) is 0.664. The molecular formula is C19H20ClF2NO5. The highest BCUT2D eigenvalue weighted by Gasteiger charge is 2.20. The molecule has 0 radical (unpaired) electrons. The zero-order chi connectivity index (χ0) is 21.1. The van der Waals surface area contributed by atoms with Crippen molar-refractivity contribution in [2.75, 3.05) is 7.11 Å². The fraction of sp³-hybridized carbons (Fsp3) is 0.368. The lowest BCUT2D eigenvalue weighted by molar-refractivity contribution is -0.155. The van der Waals surface area contributed by atoms with Gasteiger partial charge in [-0.3, -0.25) is 9.59 Å². The molecular weight excluding hydrogens is 396 g/mol. The Morgan fingerprint density at radius 2 is 1.82 bits per heavy atom. The average Bonchev–Trinajstić information content (AvgIpc) is 2.56. The van der Waals surface area contributed by atoms with E-state index in [1.807, 2.05) is 0 Å². The van der Waals surface area contributed by atoms with E-state index in [1.165, 1.54) is 31.5 Å². The molecule has 6 nitrogen and oxygen atoms in total. The molecule has 0 bridgehead atoms. The van der Waals surface area contributed by atoms with Gasteiger partial charge in [0.15, 0.2) is 0 Å². The maximum atomic E-state index is 12.7. The Kier molecular flexibility index (Phi) is 6.66. The molecule has 0 saturated carbocycles. The normalized spacial score (nSPS) is 11.4. The Balaban J connectivity index is 2.48. The molecule has 152 valence electrons. The van der Waals surface area contributed by atoms with Crippen molar-refractivity contribution < 1.29 is 27.8 Å². The number of hydrogen-bond donors (Lipinski definition) is 0. The molecule has 0 aliphatic carbocycles. The molecule has 0 spiro atoms. The molecule has 0 aliphatic heterocycles. The van der Waals surface area contributed by atoms with Crippen LogP contribution in [-0.4, -0.2) is 29.9 Å². The predicted octanol–water partition coefficient (Wildman–Crippen LogP) is 4.12. The number of esters is 1. The number of ether oxygens (including phenoxy) is 3. The minimum absolute atomic E-state index is 0.158. The zero-order valence-electron chi connectivity index (χ0n) is 15.8. The van der Waals surface area contributed by atoms with E-state index in [9.17, 15) is 18.4 Å². The van der Waals surface area contributed by atoms with Crippen molar-refractivity contribution in [3.8, 4) is 22.6 Å². The Morgan fingerprint density at radius 1 is 1.18 bits per heavy atom. The Morgan fingerprint density at radius 3 is 2.39 bits per heavy atom. The van der Waals surface area contributed by atoms with Crippen LogP contribution >= 0.6 is 11.6 Å². The number of alkyl halides is 2. The fourth-order valence-electron chi connectivity index (χ4n) is 2.47. The minimum Gasteiger partial charge on any atom is -0.495 e. The summed E-state index contributed by atoms with van der Waals surface area (Å²) in [5.74, 6) is -0.597. The summed E-state index contributed by atoms with van der Waals surface area (Å²) in [6.45, 7) is 1.74. The number of rotatable bonds is 6. The van der Waals surface area contributed by atoms with E-state index >= 15 is 0 Å². The van der Waals surface area contributed by atoms with E-state index in [4.69, 9.17) is 21.1 Å². The molecule has 0 amide bonds. The first-order chi connectivity index (χ1) is 13.0. The first-order valence-corrected chi connectivity index (χ1v) is 8.63. The van der Waals surface area contributed by atoms with Crippen molar-refractivity contribution in [1.82, 2.24) is 4.57 Å². The maximum Gasteiger partial charge on any atom is 0.387 e. The van der Waals surface area contributed by atoms with Gasteiger partial charge in [0, 0.05) is 22.2 Å². The molecule has 2 rings (SSSR count).